The van der Waals surface area contributed by atoms with Crippen molar-refractivity contribution < 1.29 is 14.3 Å². The Kier molecular flexibility index (Phi) is 6.11. The van der Waals surface area contributed by atoms with Crippen LogP contribution in [0.4, 0.5) is 0 Å². The molecule has 0 aliphatic heterocycles. The Labute approximate surface area is 167 Å². The van der Waals surface area contributed by atoms with Gasteiger partial charge in [-0.15, -0.1) is 0 Å². The predicted molar refractivity (Wildman–Crippen MR) is 106 cm³/mol. The average molecular weight is 399 g/mol. The van der Waals surface area contributed by atoms with Crippen LogP contribution in [-0.4, -0.2) is 22.4 Å². The molecule has 0 radical (unpaired) electrons. The van der Waals surface area contributed by atoms with Crippen molar-refractivity contribution in [2.24, 2.45) is 0 Å². The number of aryl methyl sites for hydroxylation is 1. The summed E-state index contributed by atoms with van der Waals surface area (Å²) in [5.41, 5.74) is 1.66. The summed E-state index contributed by atoms with van der Waals surface area (Å²) in [5.74, 6) is -0.618. The number of rotatable bonds is 6. The Balaban J connectivity index is 2.03. The van der Waals surface area contributed by atoms with Crippen molar-refractivity contribution >= 4 is 17.6 Å². The molecule has 0 bridgehead atoms. The van der Waals surface area contributed by atoms with E-state index in [1.807, 2.05) is 25.1 Å². The van der Waals surface area contributed by atoms with Crippen LogP contribution in [0.3, 0.4) is 0 Å². The SMILES string of the molecule is CCOC(=O)c1nn(-c2ccccc2C)c(=O)cc1OCc1ccccc1Cl. The van der Waals surface area contributed by atoms with E-state index in [-0.39, 0.29) is 24.7 Å². The molecule has 0 saturated heterocycles. The lowest BCUT2D eigenvalue weighted by atomic mass is 10.2. The zero-order chi connectivity index (χ0) is 20.1. The lowest BCUT2D eigenvalue weighted by Crippen LogP contribution is -2.25. The molecule has 7 heteroatoms. The largest absolute Gasteiger partial charge is 0.486 e. The highest BCUT2D eigenvalue weighted by atomic mass is 35.5. The van der Waals surface area contributed by atoms with E-state index in [9.17, 15) is 9.59 Å². The Morgan fingerprint density at radius 2 is 1.86 bits per heavy atom. The number of para-hydroxylation sites is 1. The zero-order valence-corrected chi connectivity index (χ0v) is 16.3. The van der Waals surface area contributed by atoms with Gasteiger partial charge in [0.15, 0.2) is 5.75 Å². The molecule has 2 aromatic carbocycles. The van der Waals surface area contributed by atoms with Gasteiger partial charge < -0.3 is 9.47 Å². The van der Waals surface area contributed by atoms with Crippen LogP contribution in [0.15, 0.2) is 59.4 Å². The van der Waals surface area contributed by atoms with Gasteiger partial charge in [0, 0.05) is 10.6 Å². The third-order valence-corrected chi connectivity index (χ3v) is 4.42. The molecule has 6 nitrogen and oxygen atoms in total. The second-order valence-corrected chi connectivity index (χ2v) is 6.40. The molecule has 0 spiro atoms. The molecule has 0 fully saturated rings. The van der Waals surface area contributed by atoms with Gasteiger partial charge in [0.25, 0.3) is 5.56 Å². The second kappa shape index (κ2) is 8.71. The summed E-state index contributed by atoms with van der Waals surface area (Å²) < 4.78 is 12.0. The zero-order valence-electron chi connectivity index (χ0n) is 15.5. The van der Waals surface area contributed by atoms with Gasteiger partial charge in [0.1, 0.15) is 6.61 Å². The molecule has 0 aliphatic carbocycles. The van der Waals surface area contributed by atoms with Gasteiger partial charge in [-0.25, -0.2) is 4.79 Å². The first-order chi connectivity index (χ1) is 13.5. The van der Waals surface area contributed by atoms with Crippen LogP contribution in [0.2, 0.25) is 5.02 Å². The van der Waals surface area contributed by atoms with E-state index in [4.69, 9.17) is 21.1 Å². The van der Waals surface area contributed by atoms with E-state index < -0.39 is 11.5 Å². The first-order valence-electron chi connectivity index (χ1n) is 8.75. The maximum Gasteiger partial charge on any atom is 0.362 e. The quantitative estimate of drug-likeness (QED) is 0.588. The molecule has 0 saturated carbocycles. The van der Waals surface area contributed by atoms with Gasteiger partial charge in [0.2, 0.25) is 5.69 Å². The van der Waals surface area contributed by atoms with E-state index in [2.05, 4.69) is 5.10 Å². The Morgan fingerprint density at radius 3 is 2.57 bits per heavy atom. The molecule has 0 N–H and O–H groups in total. The highest BCUT2D eigenvalue weighted by molar-refractivity contribution is 6.31. The van der Waals surface area contributed by atoms with Crippen molar-refractivity contribution in [2.75, 3.05) is 6.61 Å². The lowest BCUT2D eigenvalue weighted by molar-refractivity contribution is 0.0511. The minimum Gasteiger partial charge on any atom is -0.486 e. The summed E-state index contributed by atoms with van der Waals surface area (Å²) >= 11 is 6.14. The topological polar surface area (TPSA) is 70.4 Å². The summed E-state index contributed by atoms with van der Waals surface area (Å²) in [6.07, 6.45) is 0. The van der Waals surface area contributed by atoms with Crippen LogP contribution in [-0.2, 0) is 11.3 Å². The number of hydrogen-bond donors (Lipinski definition) is 0. The van der Waals surface area contributed by atoms with E-state index in [1.165, 1.54) is 10.7 Å². The molecule has 3 aromatic rings. The highest BCUT2D eigenvalue weighted by Crippen LogP contribution is 2.21. The number of esters is 1. The molecule has 1 heterocycles. The van der Waals surface area contributed by atoms with Crippen molar-refractivity contribution in [3.05, 3.63) is 86.8 Å². The first kappa shape index (κ1) is 19.6. The van der Waals surface area contributed by atoms with Gasteiger partial charge in [-0.1, -0.05) is 48.0 Å². The van der Waals surface area contributed by atoms with Crippen LogP contribution in [0.1, 0.15) is 28.5 Å². The normalized spacial score (nSPS) is 10.5. The van der Waals surface area contributed by atoms with E-state index in [0.29, 0.717) is 10.7 Å². The van der Waals surface area contributed by atoms with Gasteiger partial charge in [0.05, 0.1) is 18.4 Å². The van der Waals surface area contributed by atoms with Crippen LogP contribution < -0.4 is 10.3 Å². The smallest absolute Gasteiger partial charge is 0.362 e. The molecule has 0 atom stereocenters. The predicted octanol–water partition coefficient (Wildman–Crippen LogP) is 3.95. The molecule has 0 aliphatic rings. The molecular weight excluding hydrogens is 380 g/mol. The molecule has 3 rings (SSSR count). The third kappa shape index (κ3) is 4.23. The monoisotopic (exact) mass is 398 g/mol. The fourth-order valence-corrected chi connectivity index (χ4v) is 2.83. The van der Waals surface area contributed by atoms with Crippen LogP contribution in [0.5, 0.6) is 5.75 Å². The summed E-state index contributed by atoms with van der Waals surface area (Å²) in [4.78, 5) is 25.1. The van der Waals surface area contributed by atoms with Gasteiger partial charge in [-0.05, 0) is 31.5 Å². The van der Waals surface area contributed by atoms with Crippen LogP contribution >= 0.6 is 11.6 Å². The summed E-state index contributed by atoms with van der Waals surface area (Å²) in [6, 6.07) is 15.7. The van der Waals surface area contributed by atoms with Gasteiger partial charge in [-0.3, -0.25) is 4.79 Å². The van der Waals surface area contributed by atoms with Crippen molar-refractivity contribution in [3.8, 4) is 11.4 Å². The second-order valence-electron chi connectivity index (χ2n) is 5.99. The van der Waals surface area contributed by atoms with Crippen molar-refractivity contribution in [2.45, 2.75) is 20.5 Å². The standard InChI is InChI=1S/C21H19ClN2O4/c1-3-27-21(26)20-18(28-13-15-9-5-6-10-16(15)22)12-19(25)24(23-20)17-11-7-4-8-14(17)2/h4-12H,3,13H2,1-2H3. The number of carbonyl (C=O) groups is 1. The summed E-state index contributed by atoms with van der Waals surface area (Å²) in [5, 5.41) is 4.76. The minimum absolute atomic E-state index is 0.0493. The van der Waals surface area contributed by atoms with Gasteiger partial charge in [-0.2, -0.15) is 9.78 Å². The molecule has 1 aromatic heterocycles. The highest BCUT2D eigenvalue weighted by Gasteiger charge is 2.20. The maximum atomic E-state index is 12.6. The van der Waals surface area contributed by atoms with Crippen LogP contribution in [0, 0.1) is 6.92 Å². The van der Waals surface area contributed by atoms with Crippen molar-refractivity contribution in [1.82, 2.24) is 9.78 Å². The Morgan fingerprint density at radius 1 is 1.14 bits per heavy atom. The van der Waals surface area contributed by atoms with Crippen molar-refractivity contribution in [1.29, 1.82) is 0 Å². The number of nitrogens with zero attached hydrogens (tertiary/aromatic N) is 2. The number of benzene rings is 2. The Bertz CT molecular complexity index is 1060. The minimum atomic E-state index is -0.668. The first-order valence-corrected chi connectivity index (χ1v) is 9.12. The third-order valence-electron chi connectivity index (χ3n) is 4.05. The number of carbonyl (C=O) groups excluding carboxylic acids is 1. The molecule has 28 heavy (non-hydrogen) atoms. The molecule has 0 amide bonds. The molecular formula is C21H19ClN2O4. The maximum absolute atomic E-state index is 12.6. The van der Waals surface area contributed by atoms with Gasteiger partial charge >= 0.3 is 5.97 Å². The van der Waals surface area contributed by atoms with E-state index in [0.717, 1.165) is 11.1 Å². The molecule has 0 unspecified atom stereocenters. The lowest BCUT2D eigenvalue weighted by Gasteiger charge is -2.14. The van der Waals surface area contributed by atoms with E-state index in [1.54, 1.807) is 37.3 Å². The number of hydrogen-bond acceptors (Lipinski definition) is 5. The number of aromatic nitrogens is 2. The van der Waals surface area contributed by atoms with Crippen LogP contribution in [0.25, 0.3) is 5.69 Å². The Hall–Kier alpha value is -3.12. The summed E-state index contributed by atoms with van der Waals surface area (Å²) in [7, 11) is 0. The number of halogens is 1. The fraction of sp³-hybridized carbons (Fsp3) is 0.190. The number of ether oxygens (including phenoxy) is 2. The average Bonchev–Trinajstić information content (AvgIpc) is 2.68. The molecule has 144 valence electrons. The summed E-state index contributed by atoms with van der Waals surface area (Å²) in [6.45, 7) is 3.81. The van der Waals surface area contributed by atoms with E-state index >= 15 is 0 Å². The fourth-order valence-electron chi connectivity index (χ4n) is 2.64. The van der Waals surface area contributed by atoms with Crippen molar-refractivity contribution in [3.63, 3.8) is 0 Å².